The van der Waals surface area contributed by atoms with Crippen molar-refractivity contribution < 1.29 is 30.9 Å². The van der Waals surface area contributed by atoms with E-state index in [1.165, 1.54) is 24.3 Å². The highest BCUT2D eigenvalue weighted by Gasteiger charge is 2.31. The normalized spacial score (nSPS) is 21.6. The molecule has 0 amide bonds. The highest BCUT2D eigenvalue weighted by molar-refractivity contribution is 7.81. The summed E-state index contributed by atoms with van der Waals surface area (Å²) in [6, 6.07) is 7.65. The van der Waals surface area contributed by atoms with Crippen LogP contribution in [0.5, 0.6) is 5.75 Å². The molecule has 2 saturated heterocycles. The van der Waals surface area contributed by atoms with Gasteiger partial charge in [-0.15, -0.1) is 0 Å². The Morgan fingerprint density at radius 3 is 2.18 bits per heavy atom. The first kappa shape index (κ1) is 25.1. The van der Waals surface area contributed by atoms with Crippen LogP contribution in [0.2, 0.25) is 0 Å². The molecule has 2 aromatic rings. The Hall–Kier alpha value is -2.04. The van der Waals surface area contributed by atoms with Crippen molar-refractivity contribution in [3.05, 3.63) is 64.7 Å². The molecule has 34 heavy (non-hydrogen) atoms. The molecular weight excluding hydrogens is 475 g/mol. The van der Waals surface area contributed by atoms with Crippen molar-refractivity contribution in [2.75, 3.05) is 32.4 Å². The summed E-state index contributed by atoms with van der Waals surface area (Å²) in [6.45, 7) is 2.71. The van der Waals surface area contributed by atoms with E-state index < -0.39 is 46.2 Å². The Kier molecular flexibility index (Phi) is 7.59. The number of ether oxygens (including phenoxy) is 1. The van der Waals surface area contributed by atoms with E-state index in [-0.39, 0.29) is 5.92 Å². The smallest absolute Gasteiger partial charge is 0.416 e. The quantitative estimate of drug-likeness (QED) is 0.515. The number of piperidine rings is 1. The summed E-state index contributed by atoms with van der Waals surface area (Å²) >= 11 is 0. The molecular formula is C24H27F5N2O2S. The topological polar surface area (TPSA) is 32.8 Å². The molecule has 0 radical (unpaired) electrons. The van der Waals surface area contributed by atoms with Gasteiger partial charge in [-0.3, -0.25) is 4.90 Å². The molecule has 2 aliphatic rings. The maximum atomic E-state index is 14.8. The van der Waals surface area contributed by atoms with Gasteiger partial charge < -0.3 is 4.74 Å². The number of halogens is 5. The van der Waals surface area contributed by atoms with Crippen molar-refractivity contribution >= 4 is 11.0 Å². The molecule has 10 heteroatoms. The molecule has 0 bridgehead atoms. The van der Waals surface area contributed by atoms with Crippen molar-refractivity contribution in [2.45, 2.75) is 44.0 Å². The summed E-state index contributed by atoms with van der Waals surface area (Å²) in [7, 11) is -1.04. The molecule has 2 aromatic carbocycles. The Labute approximate surface area is 198 Å². The van der Waals surface area contributed by atoms with Crippen LogP contribution in [0.25, 0.3) is 0 Å². The fourth-order valence-corrected chi connectivity index (χ4v) is 5.36. The van der Waals surface area contributed by atoms with Crippen LogP contribution in [0.3, 0.4) is 0 Å². The molecule has 4 rings (SSSR count). The molecule has 0 N–H and O–H groups in total. The highest BCUT2D eigenvalue weighted by Crippen LogP contribution is 2.34. The minimum absolute atomic E-state index is 0.00329. The number of hydrogen-bond donors (Lipinski definition) is 0. The number of hydrogen-bond acceptors (Lipinski definition) is 3. The summed E-state index contributed by atoms with van der Waals surface area (Å²) in [5.41, 5.74) is 0.617. The van der Waals surface area contributed by atoms with Gasteiger partial charge in [-0.05, 0) is 60.6 Å². The predicted molar refractivity (Wildman–Crippen MR) is 120 cm³/mol. The van der Waals surface area contributed by atoms with E-state index in [1.54, 1.807) is 6.26 Å². The van der Waals surface area contributed by atoms with Crippen LogP contribution in [-0.2, 0) is 23.7 Å². The van der Waals surface area contributed by atoms with Gasteiger partial charge in [0.2, 0.25) is 0 Å². The van der Waals surface area contributed by atoms with Crippen LogP contribution >= 0.6 is 0 Å². The van der Waals surface area contributed by atoms with E-state index >= 15 is 0 Å². The number of benzene rings is 2. The third kappa shape index (κ3) is 5.95. The lowest BCUT2D eigenvalue weighted by molar-refractivity contribution is -0.137. The molecule has 2 atom stereocenters. The number of nitrogens with zero attached hydrogens (tertiary/aromatic N) is 2. The molecule has 186 valence electrons. The van der Waals surface area contributed by atoms with Gasteiger partial charge in [-0.1, -0.05) is 12.1 Å². The zero-order valence-corrected chi connectivity index (χ0v) is 19.6. The van der Waals surface area contributed by atoms with Gasteiger partial charge in [-0.25, -0.2) is 17.3 Å². The van der Waals surface area contributed by atoms with Crippen LogP contribution in [0.15, 0.2) is 36.4 Å². The Morgan fingerprint density at radius 1 is 1.00 bits per heavy atom. The van der Waals surface area contributed by atoms with E-state index in [4.69, 9.17) is 4.74 Å². The SMILES string of the molecule is CS(=O)N1CCC(c2cc(F)c(OC3CCN(Cc4ccc(C(F)(F)F)cc4)C3)c(F)c2)CC1. The largest absolute Gasteiger partial charge is 0.483 e. The first-order valence-corrected chi connectivity index (χ1v) is 12.7. The summed E-state index contributed by atoms with van der Waals surface area (Å²) in [4.78, 5) is 1.99. The molecule has 2 aliphatic heterocycles. The summed E-state index contributed by atoms with van der Waals surface area (Å²) < 4.78 is 86.8. The number of rotatable bonds is 6. The lowest BCUT2D eigenvalue weighted by Gasteiger charge is -2.30. The fraction of sp³-hybridized carbons (Fsp3) is 0.500. The van der Waals surface area contributed by atoms with Crippen LogP contribution in [-0.4, -0.2) is 52.0 Å². The molecule has 0 saturated carbocycles. The van der Waals surface area contributed by atoms with Crippen LogP contribution in [0.1, 0.15) is 41.9 Å². The van der Waals surface area contributed by atoms with E-state index in [2.05, 4.69) is 0 Å². The van der Waals surface area contributed by atoms with Gasteiger partial charge in [0, 0.05) is 39.0 Å². The standard InChI is InChI=1S/C24H27F5N2O2S/c1-34(32)31-10-6-17(7-11-31)18-12-21(25)23(22(26)13-18)33-20-8-9-30(15-20)14-16-2-4-19(5-3-16)24(27,28)29/h2-5,12-13,17,20H,6-11,14-15H2,1H3. The van der Waals surface area contributed by atoms with E-state index in [0.717, 1.165) is 17.7 Å². The molecule has 0 aliphatic carbocycles. The van der Waals surface area contributed by atoms with Gasteiger partial charge in [0.05, 0.1) is 16.5 Å². The molecule has 2 heterocycles. The predicted octanol–water partition coefficient (Wildman–Crippen LogP) is 5.11. The first-order valence-electron chi connectivity index (χ1n) is 11.2. The van der Waals surface area contributed by atoms with Gasteiger partial charge in [-0.2, -0.15) is 13.2 Å². The van der Waals surface area contributed by atoms with E-state index in [1.807, 2.05) is 9.21 Å². The molecule has 2 fully saturated rings. The average Bonchev–Trinajstić information content (AvgIpc) is 3.23. The minimum atomic E-state index is -4.37. The summed E-state index contributed by atoms with van der Waals surface area (Å²) in [5.74, 6) is -1.86. The van der Waals surface area contributed by atoms with Crippen molar-refractivity contribution in [3.8, 4) is 5.75 Å². The Bertz CT molecular complexity index is 1000. The highest BCUT2D eigenvalue weighted by atomic mass is 32.2. The van der Waals surface area contributed by atoms with Crippen molar-refractivity contribution in [2.24, 2.45) is 0 Å². The second-order valence-corrected chi connectivity index (χ2v) is 10.3. The molecule has 2 unspecified atom stereocenters. The monoisotopic (exact) mass is 502 g/mol. The third-order valence-corrected chi connectivity index (χ3v) is 7.60. The minimum Gasteiger partial charge on any atom is -0.483 e. The maximum Gasteiger partial charge on any atom is 0.416 e. The zero-order chi connectivity index (χ0) is 24.5. The van der Waals surface area contributed by atoms with E-state index in [9.17, 15) is 26.2 Å². The number of likely N-dealkylation sites (tertiary alicyclic amines) is 1. The zero-order valence-electron chi connectivity index (χ0n) is 18.8. The van der Waals surface area contributed by atoms with Crippen LogP contribution < -0.4 is 4.74 Å². The van der Waals surface area contributed by atoms with Crippen LogP contribution in [0.4, 0.5) is 22.0 Å². The Balaban J connectivity index is 1.34. The van der Waals surface area contributed by atoms with Crippen LogP contribution in [0, 0.1) is 11.6 Å². The van der Waals surface area contributed by atoms with Crippen molar-refractivity contribution in [3.63, 3.8) is 0 Å². The van der Waals surface area contributed by atoms with Gasteiger partial charge in [0.1, 0.15) is 6.10 Å². The van der Waals surface area contributed by atoms with E-state index in [0.29, 0.717) is 57.5 Å². The third-order valence-electron chi connectivity index (χ3n) is 6.51. The fourth-order valence-electron chi connectivity index (χ4n) is 4.63. The maximum absolute atomic E-state index is 14.8. The summed E-state index contributed by atoms with van der Waals surface area (Å²) in [5, 5.41) is 0. The number of alkyl halides is 3. The van der Waals surface area contributed by atoms with Gasteiger partial charge in [0.25, 0.3) is 0 Å². The molecule has 0 spiro atoms. The lowest BCUT2D eigenvalue weighted by Crippen LogP contribution is -2.33. The van der Waals surface area contributed by atoms with Crippen molar-refractivity contribution in [1.82, 2.24) is 9.21 Å². The Morgan fingerprint density at radius 2 is 1.62 bits per heavy atom. The summed E-state index contributed by atoms with van der Waals surface area (Å²) in [6.07, 6.45) is -1.23. The van der Waals surface area contributed by atoms with Gasteiger partial charge in [0.15, 0.2) is 17.4 Å². The molecule has 0 aromatic heterocycles. The first-order chi connectivity index (χ1) is 16.1. The second-order valence-electron chi connectivity index (χ2n) is 8.90. The van der Waals surface area contributed by atoms with Gasteiger partial charge >= 0.3 is 6.18 Å². The molecule has 4 nitrogen and oxygen atoms in total. The second kappa shape index (κ2) is 10.3. The lowest BCUT2D eigenvalue weighted by atomic mass is 9.90. The van der Waals surface area contributed by atoms with Crippen molar-refractivity contribution in [1.29, 1.82) is 0 Å². The average molecular weight is 503 g/mol.